The summed E-state index contributed by atoms with van der Waals surface area (Å²) in [6, 6.07) is 8.03. The molecule has 0 aliphatic carbocycles. The summed E-state index contributed by atoms with van der Waals surface area (Å²) in [6.45, 7) is 4.66. The Labute approximate surface area is 120 Å². The Kier molecular flexibility index (Phi) is 6.60. The molecule has 0 atom stereocenters. The number of nitrogens with one attached hydrogen (secondary N) is 2. The van der Waals surface area contributed by atoms with E-state index in [4.69, 9.17) is 0 Å². The van der Waals surface area contributed by atoms with Crippen molar-refractivity contribution in [2.75, 3.05) is 19.6 Å². The minimum absolute atomic E-state index is 0. The van der Waals surface area contributed by atoms with Crippen molar-refractivity contribution in [2.45, 2.75) is 19.8 Å². The predicted octanol–water partition coefficient (Wildman–Crippen LogP) is 2.00. The van der Waals surface area contributed by atoms with E-state index >= 15 is 0 Å². The van der Waals surface area contributed by atoms with Gasteiger partial charge in [0.15, 0.2) is 0 Å². The summed E-state index contributed by atoms with van der Waals surface area (Å²) >= 11 is 0. The van der Waals surface area contributed by atoms with Crippen molar-refractivity contribution in [1.29, 1.82) is 0 Å². The Hall–Kier alpha value is -1.32. The first-order chi connectivity index (χ1) is 8.75. The van der Waals surface area contributed by atoms with Gasteiger partial charge < -0.3 is 10.6 Å². The first kappa shape index (κ1) is 15.7. The summed E-state index contributed by atoms with van der Waals surface area (Å²) < 4.78 is 0. The summed E-state index contributed by atoms with van der Waals surface area (Å²) in [5, 5.41) is 6.25. The molecule has 4 heteroatoms. The van der Waals surface area contributed by atoms with Crippen LogP contribution in [0.1, 0.15) is 17.5 Å². The number of hydrogen-bond donors (Lipinski definition) is 2. The molecule has 1 aromatic carbocycles. The van der Waals surface area contributed by atoms with Crippen LogP contribution in [0.2, 0.25) is 0 Å². The third kappa shape index (κ3) is 5.05. The molecule has 1 aliphatic heterocycles. The number of carbonyl (C=O) groups excluding carboxylic acids is 1. The monoisotopic (exact) mass is 280 g/mol. The fourth-order valence-corrected chi connectivity index (χ4v) is 2.09. The minimum Gasteiger partial charge on any atom is -0.352 e. The van der Waals surface area contributed by atoms with Gasteiger partial charge in [0, 0.05) is 13.1 Å². The van der Waals surface area contributed by atoms with Gasteiger partial charge in [-0.1, -0.05) is 35.9 Å². The molecule has 0 saturated carbocycles. The van der Waals surface area contributed by atoms with E-state index in [0.717, 1.165) is 25.1 Å². The molecule has 1 aliphatic rings. The van der Waals surface area contributed by atoms with E-state index in [-0.39, 0.29) is 18.3 Å². The Morgan fingerprint density at radius 2 is 2.16 bits per heavy atom. The average Bonchev–Trinajstić information content (AvgIpc) is 2.40. The zero-order valence-corrected chi connectivity index (χ0v) is 12.1. The van der Waals surface area contributed by atoms with Crippen LogP contribution in [-0.2, 0) is 11.2 Å². The van der Waals surface area contributed by atoms with E-state index in [1.54, 1.807) is 0 Å². The second-order valence-corrected chi connectivity index (χ2v) is 4.70. The van der Waals surface area contributed by atoms with E-state index in [9.17, 15) is 4.79 Å². The summed E-state index contributed by atoms with van der Waals surface area (Å²) in [6.07, 6.45) is 3.67. The maximum atomic E-state index is 11.9. The number of carbonyl (C=O) groups is 1. The Bertz CT molecular complexity index is 457. The van der Waals surface area contributed by atoms with Crippen LogP contribution in [0, 0.1) is 6.92 Å². The van der Waals surface area contributed by atoms with Crippen molar-refractivity contribution in [2.24, 2.45) is 0 Å². The lowest BCUT2D eigenvalue weighted by Crippen LogP contribution is -2.30. The molecule has 1 heterocycles. The predicted molar refractivity (Wildman–Crippen MR) is 80.7 cm³/mol. The van der Waals surface area contributed by atoms with Crippen LogP contribution in [0.3, 0.4) is 0 Å². The van der Waals surface area contributed by atoms with Gasteiger partial charge in [-0.15, -0.1) is 12.4 Å². The number of rotatable bonds is 4. The molecule has 1 amide bonds. The van der Waals surface area contributed by atoms with Crippen LogP contribution in [0.5, 0.6) is 0 Å². The van der Waals surface area contributed by atoms with Crippen LogP contribution in [-0.4, -0.2) is 25.5 Å². The van der Waals surface area contributed by atoms with Crippen molar-refractivity contribution >= 4 is 18.3 Å². The molecule has 2 rings (SSSR count). The van der Waals surface area contributed by atoms with Gasteiger partial charge in [-0.25, -0.2) is 0 Å². The van der Waals surface area contributed by atoms with Crippen molar-refractivity contribution in [3.63, 3.8) is 0 Å². The van der Waals surface area contributed by atoms with Gasteiger partial charge in [-0.2, -0.15) is 0 Å². The smallest absolute Gasteiger partial charge is 0.224 e. The molecule has 0 radical (unpaired) electrons. The lowest BCUT2D eigenvalue weighted by atomic mass is 10.1. The molecule has 0 bridgehead atoms. The maximum Gasteiger partial charge on any atom is 0.224 e. The lowest BCUT2D eigenvalue weighted by molar-refractivity contribution is -0.120. The van der Waals surface area contributed by atoms with E-state index in [1.807, 2.05) is 31.2 Å². The van der Waals surface area contributed by atoms with Crippen molar-refractivity contribution in [3.05, 3.63) is 47.0 Å². The Morgan fingerprint density at radius 1 is 1.37 bits per heavy atom. The van der Waals surface area contributed by atoms with Crippen molar-refractivity contribution < 1.29 is 4.79 Å². The number of amides is 1. The van der Waals surface area contributed by atoms with Crippen molar-refractivity contribution in [3.8, 4) is 0 Å². The van der Waals surface area contributed by atoms with Gasteiger partial charge in [0.05, 0.1) is 6.42 Å². The molecular formula is C15H21ClN2O. The molecule has 1 aromatic rings. The normalized spacial score (nSPS) is 14.3. The molecule has 0 saturated heterocycles. The second-order valence-electron chi connectivity index (χ2n) is 4.70. The first-order valence-corrected chi connectivity index (χ1v) is 6.45. The van der Waals surface area contributed by atoms with Gasteiger partial charge in [0.25, 0.3) is 0 Å². The number of aryl methyl sites for hydroxylation is 1. The molecule has 0 aromatic heterocycles. The van der Waals surface area contributed by atoms with E-state index in [1.165, 1.54) is 11.1 Å². The Morgan fingerprint density at radius 3 is 2.84 bits per heavy atom. The third-order valence-electron chi connectivity index (χ3n) is 3.28. The Balaban J connectivity index is 0.00000180. The van der Waals surface area contributed by atoms with Crippen LogP contribution in [0.15, 0.2) is 35.9 Å². The van der Waals surface area contributed by atoms with E-state index < -0.39 is 0 Å². The summed E-state index contributed by atoms with van der Waals surface area (Å²) in [7, 11) is 0. The quantitative estimate of drug-likeness (QED) is 0.829. The second kappa shape index (κ2) is 7.97. The molecule has 3 nitrogen and oxygen atoms in total. The highest BCUT2D eigenvalue weighted by molar-refractivity contribution is 5.85. The van der Waals surface area contributed by atoms with Gasteiger partial charge >= 0.3 is 0 Å². The highest BCUT2D eigenvalue weighted by Gasteiger charge is 2.07. The maximum absolute atomic E-state index is 11.9. The third-order valence-corrected chi connectivity index (χ3v) is 3.28. The van der Waals surface area contributed by atoms with Crippen LogP contribution < -0.4 is 10.6 Å². The zero-order chi connectivity index (χ0) is 12.8. The molecular weight excluding hydrogens is 260 g/mol. The summed E-state index contributed by atoms with van der Waals surface area (Å²) in [5.41, 5.74) is 3.61. The molecule has 104 valence electrons. The molecule has 19 heavy (non-hydrogen) atoms. The topological polar surface area (TPSA) is 41.1 Å². The zero-order valence-electron chi connectivity index (χ0n) is 11.2. The van der Waals surface area contributed by atoms with E-state index in [2.05, 4.69) is 16.7 Å². The highest BCUT2D eigenvalue weighted by atomic mass is 35.5. The molecule has 0 spiro atoms. The number of hydrogen-bond acceptors (Lipinski definition) is 2. The lowest BCUT2D eigenvalue weighted by Gasteiger charge is -2.14. The molecule has 2 N–H and O–H groups in total. The standard InChI is InChI=1S/C15H20N2O.ClH/c1-12-4-2-3-5-14(12)10-15(18)17-11-13-6-8-16-9-7-13;/h2-6,16H,7-11H2,1H3,(H,17,18);1H. The highest BCUT2D eigenvalue weighted by Crippen LogP contribution is 2.08. The van der Waals surface area contributed by atoms with Crippen LogP contribution in [0.25, 0.3) is 0 Å². The minimum atomic E-state index is 0. The largest absolute Gasteiger partial charge is 0.352 e. The summed E-state index contributed by atoms with van der Waals surface area (Å²) in [5.74, 6) is 0.101. The fourth-order valence-electron chi connectivity index (χ4n) is 2.09. The number of halogens is 1. The summed E-state index contributed by atoms with van der Waals surface area (Å²) in [4.78, 5) is 11.9. The van der Waals surface area contributed by atoms with Gasteiger partial charge in [0.1, 0.15) is 0 Å². The fraction of sp³-hybridized carbons (Fsp3) is 0.400. The average molecular weight is 281 g/mol. The number of benzene rings is 1. The van der Waals surface area contributed by atoms with Crippen molar-refractivity contribution in [1.82, 2.24) is 10.6 Å². The van der Waals surface area contributed by atoms with Gasteiger partial charge in [-0.05, 0) is 31.0 Å². The SMILES string of the molecule is Cc1ccccc1CC(=O)NCC1=CCNCC1.Cl. The first-order valence-electron chi connectivity index (χ1n) is 6.45. The molecule has 0 fully saturated rings. The van der Waals surface area contributed by atoms with Crippen LogP contribution in [0.4, 0.5) is 0 Å². The van der Waals surface area contributed by atoms with Crippen LogP contribution >= 0.6 is 12.4 Å². The van der Waals surface area contributed by atoms with Gasteiger partial charge in [0.2, 0.25) is 5.91 Å². The molecule has 0 unspecified atom stereocenters. The van der Waals surface area contributed by atoms with E-state index in [0.29, 0.717) is 13.0 Å². The van der Waals surface area contributed by atoms with Gasteiger partial charge in [-0.3, -0.25) is 4.79 Å².